The fourth-order valence-corrected chi connectivity index (χ4v) is 17.5. The quantitative estimate of drug-likeness (QED) is 0.0304. The van der Waals surface area contributed by atoms with Crippen LogP contribution in [0, 0.1) is 0 Å². The second kappa shape index (κ2) is 42.8. The molecule has 8 aliphatic heterocycles. The summed E-state index contributed by atoms with van der Waals surface area (Å²) in [5.41, 5.74) is 10.8. The SMILES string of the molecule is COc1ccc(Br)c(CCNC(=O)CN2C(=O)c3ccccc3C2=O)c1.COc1ccc(Br)c2c1C(CN1C(=O)c3ccccc3C1=O)=NCC2.COc1ccc(Br)c2c1[C@@H](CN1C(=O)c3ccccc3C1=O)N(C=O)CC2.COc1cccc(CCNC(=O)CN2C(=O)c3ccccc3C2=O)c1.O=C(Cl)CN1C(=O)c2ccccc2C1=O.O=C(O)CN1C(=O)c2ccccc2C1=O. The molecule has 8 aliphatic rings. The third-order valence-electron chi connectivity index (χ3n) is 22.3. The van der Waals surface area contributed by atoms with Crippen molar-refractivity contribution >= 4 is 165 Å². The number of hydrogen-bond acceptors (Lipinski definition) is 22. The number of fused-ring (bicyclic) bond motifs is 8. The van der Waals surface area contributed by atoms with E-state index in [9.17, 15) is 81.5 Å². The number of nitrogens with one attached hydrogen (secondary N) is 2. The van der Waals surface area contributed by atoms with Crippen LogP contribution in [0.3, 0.4) is 0 Å². The normalized spacial score (nSPS) is 14.9. The predicted molar refractivity (Wildman–Crippen MR) is 492 cm³/mol. The van der Waals surface area contributed by atoms with Crippen molar-refractivity contribution in [1.82, 2.24) is 44.9 Å². The molecule has 0 saturated carbocycles. The number of benzene rings is 10. The Balaban J connectivity index is 0.000000137. The largest absolute Gasteiger partial charge is 0.497 e. The molecule has 0 bridgehead atoms. The Kier molecular flexibility index (Phi) is 30.8. The molecule has 18 rings (SSSR count). The minimum absolute atomic E-state index is 0.0882. The Morgan fingerprint density at radius 2 is 0.782 bits per heavy atom. The number of ether oxygens (including phenoxy) is 4. The number of imide groups is 6. The maximum absolute atomic E-state index is 12.8. The lowest BCUT2D eigenvalue weighted by Crippen LogP contribution is -2.43. The summed E-state index contributed by atoms with van der Waals surface area (Å²) >= 11 is 15.7. The zero-order chi connectivity index (χ0) is 95.2. The van der Waals surface area contributed by atoms with Crippen LogP contribution in [0.2, 0.25) is 0 Å². The highest BCUT2D eigenvalue weighted by Crippen LogP contribution is 2.42. The van der Waals surface area contributed by atoms with Crippen molar-refractivity contribution in [3.8, 4) is 23.0 Å². The third kappa shape index (κ3) is 20.8. The molecule has 0 unspecified atom stereocenters. The number of amides is 15. The van der Waals surface area contributed by atoms with Crippen molar-refractivity contribution in [2.75, 3.05) is 93.9 Å². The van der Waals surface area contributed by atoms with Gasteiger partial charge in [-0.3, -0.25) is 116 Å². The molecule has 0 aliphatic carbocycles. The number of carboxylic acids is 1. The molecule has 1 atom stereocenters. The number of methoxy groups -OCH3 is 4. The first-order chi connectivity index (χ1) is 64.0. The second-order valence-electron chi connectivity index (χ2n) is 30.2. The van der Waals surface area contributed by atoms with E-state index in [4.69, 9.17) is 35.7 Å². The van der Waals surface area contributed by atoms with Crippen molar-refractivity contribution in [3.05, 3.63) is 326 Å². The van der Waals surface area contributed by atoms with Crippen LogP contribution < -0.4 is 29.6 Å². The van der Waals surface area contributed by atoms with Gasteiger partial charge in [0.2, 0.25) is 23.5 Å². The van der Waals surface area contributed by atoms with Crippen LogP contribution in [0.25, 0.3) is 0 Å². The number of aliphatic carboxylic acids is 1. The highest BCUT2D eigenvalue weighted by molar-refractivity contribution is 9.11. The molecule has 678 valence electrons. The average molecular weight is 2010 g/mol. The van der Waals surface area contributed by atoms with Gasteiger partial charge in [-0.15, -0.1) is 0 Å². The summed E-state index contributed by atoms with van der Waals surface area (Å²) in [5, 5.41) is 13.3. The molecule has 0 aromatic heterocycles. The Labute approximate surface area is 790 Å². The summed E-state index contributed by atoms with van der Waals surface area (Å²) in [7, 11) is 6.38. The van der Waals surface area contributed by atoms with Gasteiger partial charge in [0.1, 0.15) is 49.2 Å². The van der Waals surface area contributed by atoms with Gasteiger partial charge in [-0.25, -0.2) is 0 Å². The summed E-state index contributed by atoms with van der Waals surface area (Å²) in [6.07, 6.45) is 3.45. The highest BCUT2D eigenvalue weighted by atomic mass is 79.9. The summed E-state index contributed by atoms with van der Waals surface area (Å²) in [6, 6.07) is 59.8. The lowest BCUT2D eigenvalue weighted by molar-refractivity contribution is -0.137. The highest BCUT2D eigenvalue weighted by Gasteiger charge is 2.44. The van der Waals surface area contributed by atoms with Gasteiger partial charge in [-0.05, 0) is 187 Å². The lowest BCUT2D eigenvalue weighted by atomic mass is 9.91. The Morgan fingerprint density at radius 1 is 0.414 bits per heavy atom. The van der Waals surface area contributed by atoms with E-state index in [1.165, 1.54) is 21.9 Å². The van der Waals surface area contributed by atoms with E-state index in [0.717, 1.165) is 90.7 Å². The second-order valence-corrected chi connectivity index (χ2v) is 33.2. The van der Waals surface area contributed by atoms with Crippen molar-refractivity contribution in [1.29, 1.82) is 0 Å². The molecule has 3 N–H and O–H groups in total. The smallest absolute Gasteiger partial charge is 0.323 e. The Bertz CT molecular complexity index is 6210. The van der Waals surface area contributed by atoms with Crippen LogP contribution in [-0.4, -0.2) is 239 Å². The number of hydrogen-bond donors (Lipinski definition) is 3. The summed E-state index contributed by atoms with van der Waals surface area (Å²) in [4.78, 5) is 215. The lowest BCUT2D eigenvalue weighted by Gasteiger charge is -2.37. The third-order valence-corrected chi connectivity index (χ3v) is 24.7. The monoisotopic (exact) mass is 2010 g/mol. The van der Waals surface area contributed by atoms with Crippen LogP contribution in [-0.2, 0) is 49.7 Å². The van der Waals surface area contributed by atoms with Gasteiger partial charge in [0.15, 0.2) is 0 Å². The number of carboxylic acid groups (broad SMARTS) is 1. The minimum Gasteiger partial charge on any atom is -0.497 e. The number of rotatable bonds is 23. The van der Waals surface area contributed by atoms with E-state index < -0.39 is 71.1 Å². The first-order valence-electron chi connectivity index (χ1n) is 41.1. The predicted octanol–water partition coefficient (Wildman–Crippen LogP) is 11.4. The topological polar surface area (TPSA) is 406 Å². The number of halogens is 4. The van der Waals surface area contributed by atoms with Gasteiger partial charge in [0.25, 0.3) is 70.9 Å². The standard InChI is InChI=1S/C20H17BrN2O4.C19H17BrN2O4.C19H15BrN2O3.C19H18N2O4.C10H6ClNO3.C10H7NO4/c1-27-17-7-6-15(21)14-8-9-22(11-24)16(18(14)17)10-23-19(25)12-4-2-3-5-13(12)20(23)26;1-26-13-6-7-16(20)12(10-13)8-9-21-17(23)11-22-18(24)14-4-2-3-5-15(14)19(22)25;1-25-16-7-6-14(20)13-8-9-21-15(17(13)16)10-22-18(23)11-4-2-3-5-12(11)19(22)24;1-25-14-6-4-5-13(11-14)9-10-20-17(22)12-21-18(23)15-7-2-3-8-16(15)19(21)24;11-8(13)5-12-9(14)6-3-1-2-4-7(6)10(12)15;12-8(13)5-11-9(14)6-3-1-2-4-7(6)10(11)15/h2-7,11,16H,8-10H2,1H3;2-7,10H,8-9,11H2,1H3,(H,21,23);2-7H,8-10H2,1H3;2-8,11H,9-10,12H2,1H3,(H,20,22);1-4H,5H2;1-4H,5H2,(H,12,13)/t16-;;;;;/m1...../s1. The van der Waals surface area contributed by atoms with Crippen molar-refractivity contribution in [3.63, 3.8) is 0 Å². The first kappa shape index (κ1) is 95.8. The fourth-order valence-electron chi connectivity index (χ4n) is 15.8. The van der Waals surface area contributed by atoms with Crippen molar-refractivity contribution < 1.29 is 106 Å². The molecule has 0 spiro atoms. The zero-order valence-electron chi connectivity index (χ0n) is 71.4. The van der Waals surface area contributed by atoms with Crippen LogP contribution >= 0.6 is 59.4 Å². The van der Waals surface area contributed by atoms with Gasteiger partial charge >= 0.3 is 5.97 Å². The van der Waals surface area contributed by atoms with Gasteiger partial charge in [0, 0.05) is 50.7 Å². The molecule has 8 heterocycles. The molecule has 0 fully saturated rings. The van der Waals surface area contributed by atoms with Crippen LogP contribution in [0.1, 0.15) is 164 Å². The molecule has 133 heavy (non-hydrogen) atoms. The van der Waals surface area contributed by atoms with Crippen LogP contribution in [0.15, 0.2) is 231 Å². The molecule has 0 saturated heterocycles. The maximum atomic E-state index is 12.8. The first-order valence-corrected chi connectivity index (χ1v) is 43.8. The van der Waals surface area contributed by atoms with Gasteiger partial charge in [0.05, 0.1) is 120 Å². The molecule has 10 aromatic rings. The fraction of sp³-hybridized carbons (Fsp3) is 0.196. The van der Waals surface area contributed by atoms with Crippen molar-refractivity contribution in [2.45, 2.75) is 31.7 Å². The van der Waals surface area contributed by atoms with E-state index in [-0.39, 0.29) is 79.3 Å². The number of aliphatic imine (C=N–C) groups is 1. The zero-order valence-corrected chi connectivity index (χ0v) is 76.9. The Hall–Kier alpha value is -14.8. The number of nitrogens with zero attached hydrogens (tertiary/aromatic N) is 8. The molecule has 0 radical (unpaired) electrons. The van der Waals surface area contributed by atoms with Crippen LogP contribution in [0.4, 0.5) is 0 Å². The van der Waals surface area contributed by atoms with E-state index >= 15 is 0 Å². The summed E-state index contributed by atoms with van der Waals surface area (Å²) in [6.45, 7) is 0.629. The molecule has 36 heteroatoms. The summed E-state index contributed by atoms with van der Waals surface area (Å²) < 4.78 is 24.2. The molecular weight excluding hydrogens is 1930 g/mol. The van der Waals surface area contributed by atoms with Gasteiger partial charge in [-0.2, -0.15) is 0 Å². The molecule has 32 nitrogen and oxygen atoms in total. The molecular formula is C97H80Br3ClN10O22. The molecule has 15 amide bonds. The van der Waals surface area contributed by atoms with E-state index in [1.54, 1.807) is 167 Å². The van der Waals surface area contributed by atoms with Gasteiger partial charge < -0.3 is 39.6 Å². The van der Waals surface area contributed by atoms with E-state index in [2.05, 4.69) is 63.4 Å². The maximum Gasteiger partial charge on any atom is 0.323 e. The molecule has 10 aromatic carbocycles. The minimum atomic E-state index is -1.20. The van der Waals surface area contributed by atoms with Gasteiger partial charge in [-0.1, -0.05) is 133 Å². The van der Waals surface area contributed by atoms with Crippen LogP contribution in [0.5, 0.6) is 23.0 Å². The average Bonchev–Trinajstić information content (AvgIpc) is 1.70. The van der Waals surface area contributed by atoms with E-state index in [1.807, 2.05) is 66.7 Å². The summed E-state index contributed by atoms with van der Waals surface area (Å²) in [5.74, 6) is -4.06. The number of carbonyl (C=O) groups excluding carboxylic acids is 16. The number of carbonyl (C=O) groups is 17. The Morgan fingerprint density at radius 3 is 1.18 bits per heavy atom. The van der Waals surface area contributed by atoms with Crippen molar-refractivity contribution in [2.24, 2.45) is 4.99 Å². The van der Waals surface area contributed by atoms with E-state index in [0.29, 0.717) is 118 Å².